The second-order valence-corrected chi connectivity index (χ2v) is 5.55. The molecule has 3 aromatic rings. The highest BCUT2D eigenvalue weighted by molar-refractivity contribution is 6.58. The summed E-state index contributed by atoms with van der Waals surface area (Å²) in [7, 11) is -0.0388. The molecule has 12 heteroatoms. The second kappa shape index (κ2) is 8.33. The molecule has 0 saturated heterocycles. The molecule has 3 heterocycles. The fraction of sp³-hybridized carbons (Fsp3) is 0.333. The van der Waals surface area contributed by atoms with Crippen LogP contribution in [0.4, 0.5) is 8.78 Å². The molecule has 0 aromatic carbocycles. The van der Waals surface area contributed by atoms with E-state index in [2.05, 4.69) is 24.9 Å². The second-order valence-electron chi connectivity index (χ2n) is 5.55. The molecule has 9 nitrogen and oxygen atoms in total. The van der Waals surface area contributed by atoms with E-state index in [1.807, 2.05) is 0 Å². The predicted molar refractivity (Wildman–Crippen MR) is 91.0 cm³/mol. The lowest BCUT2D eigenvalue weighted by Crippen LogP contribution is -2.30. The van der Waals surface area contributed by atoms with Gasteiger partial charge in [0.15, 0.2) is 5.82 Å². The zero-order chi connectivity index (χ0) is 21.2. The van der Waals surface area contributed by atoms with Crippen molar-refractivity contribution in [3.8, 4) is 11.4 Å². The van der Waals surface area contributed by atoms with E-state index < -0.39 is 32.8 Å². The van der Waals surface area contributed by atoms with Crippen molar-refractivity contribution in [1.29, 1.82) is 0 Å². The first-order chi connectivity index (χ1) is 13.7. The minimum absolute atomic E-state index is 0.125. The van der Waals surface area contributed by atoms with Crippen LogP contribution in [0.3, 0.4) is 0 Å². The van der Waals surface area contributed by atoms with E-state index in [-0.39, 0.29) is 11.2 Å². The molecule has 2 N–H and O–H groups in total. The zero-order valence-electron chi connectivity index (χ0n) is 16.1. The van der Waals surface area contributed by atoms with Crippen molar-refractivity contribution < 1.29 is 26.3 Å². The van der Waals surface area contributed by atoms with Gasteiger partial charge in [0.1, 0.15) is 6.33 Å². The molecule has 3 rings (SSSR count). The molecule has 0 amide bonds. The Morgan fingerprint density at radius 3 is 2.67 bits per heavy atom. The van der Waals surface area contributed by atoms with Crippen LogP contribution >= 0.6 is 0 Å². The summed E-state index contributed by atoms with van der Waals surface area (Å²) in [6.07, 6.45) is 5.07. The van der Waals surface area contributed by atoms with Crippen molar-refractivity contribution in [2.24, 2.45) is 7.05 Å². The maximum absolute atomic E-state index is 12.6. The molecule has 0 aliphatic heterocycles. The summed E-state index contributed by atoms with van der Waals surface area (Å²) >= 11 is 0. The quantitative estimate of drug-likeness (QED) is 0.528. The van der Waals surface area contributed by atoms with Gasteiger partial charge in [-0.2, -0.15) is 19.0 Å². The Labute approximate surface area is 156 Å². The third kappa shape index (κ3) is 4.53. The van der Waals surface area contributed by atoms with Crippen LogP contribution in [0.2, 0.25) is 0 Å². The van der Waals surface area contributed by atoms with Crippen LogP contribution < -0.4 is 5.46 Å². The Morgan fingerprint density at radius 2 is 2.07 bits per heavy atom. The van der Waals surface area contributed by atoms with Gasteiger partial charge in [-0.3, -0.25) is 9.67 Å². The van der Waals surface area contributed by atoms with Gasteiger partial charge in [-0.15, -0.1) is 0 Å². The summed E-state index contributed by atoms with van der Waals surface area (Å²) in [4.78, 5) is 8.21. The van der Waals surface area contributed by atoms with Gasteiger partial charge in [-0.05, 0) is 12.5 Å². The average molecular weight is 380 g/mol. The van der Waals surface area contributed by atoms with Crippen molar-refractivity contribution in [2.45, 2.75) is 19.1 Å². The third-order valence-corrected chi connectivity index (χ3v) is 3.79. The minimum Gasteiger partial charge on any atom is -0.423 e. The van der Waals surface area contributed by atoms with Gasteiger partial charge in [0.2, 0.25) is 0 Å². The number of aryl methyl sites for hydroxylation is 1. The highest BCUT2D eigenvalue weighted by atomic mass is 19.3. The van der Waals surface area contributed by atoms with E-state index in [0.29, 0.717) is 11.4 Å². The van der Waals surface area contributed by atoms with Crippen molar-refractivity contribution in [3.63, 3.8) is 0 Å². The Hall–Kier alpha value is -2.70. The zero-order valence-corrected chi connectivity index (χ0v) is 14.1. The average Bonchev–Trinajstić information content (AvgIpc) is 3.27. The Balaban J connectivity index is 1.96. The van der Waals surface area contributed by atoms with Gasteiger partial charge in [0, 0.05) is 24.9 Å². The third-order valence-electron chi connectivity index (χ3n) is 3.79. The molecule has 0 fully saturated rings. The van der Waals surface area contributed by atoms with Crippen molar-refractivity contribution >= 4 is 12.6 Å². The van der Waals surface area contributed by atoms with Crippen LogP contribution in [0.1, 0.15) is 20.9 Å². The lowest BCUT2D eigenvalue weighted by atomic mass is 9.81. The van der Waals surface area contributed by atoms with Gasteiger partial charge in [-0.25, -0.2) is 9.67 Å². The number of hydrogen-bond donors (Lipinski definition) is 2. The van der Waals surface area contributed by atoms with Crippen molar-refractivity contribution in [2.75, 3.05) is 6.56 Å². The number of hydrogen-bond acceptors (Lipinski definition) is 7. The summed E-state index contributed by atoms with van der Waals surface area (Å²) in [6, 6.07) is 1.90. The monoisotopic (exact) mass is 380 g/mol. The van der Waals surface area contributed by atoms with Crippen molar-refractivity contribution in [3.05, 3.63) is 42.7 Å². The molecule has 0 spiro atoms. The Bertz CT molecular complexity index is 954. The van der Waals surface area contributed by atoms with Crippen LogP contribution in [-0.4, -0.2) is 59.9 Å². The molecular formula is C15H17BF2N6O3. The summed E-state index contributed by atoms with van der Waals surface area (Å²) in [5.41, 5.74) is 0.969. The molecule has 3 aromatic heterocycles. The fourth-order valence-corrected chi connectivity index (χ4v) is 2.47. The van der Waals surface area contributed by atoms with E-state index in [1.54, 1.807) is 13.2 Å². The van der Waals surface area contributed by atoms with E-state index in [0.717, 1.165) is 0 Å². The molecule has 1 atom stereocenters. The van der Waals surface area contributed by atoms with Gasteiger partial charge >= 0.3 is 13.7 Å². The minimum atomic E-state index is -3.29. The summed E-state index contributed by atoms with van der Waals surface area (Å²) < 4.78 is 47.7. The first kappa shape index (κ1) is 16.5. The Kier molecular flexibility index (Phi) is 5.08. The topological polar surface area (TPSA) is 111 Å². The lowest BCUT2D eigenvalue weighted by Gasteiger charge is -2.17. The van der Waals surface area contributed by atoms with Gasteiger partial charge in [0.05, 0.1) is 32.8 Å². The SMILES string of the molecule is [2H]C([2H])(CC(c1ccc(B(O)O)cn1)n1cc(-c2ncnn2C)cn1)OC(F)F. The maximum atomic E-state index is 12.6. The number of alkyl halides is 2. The molecule has 0 saturated carbocycles. The van der Waals surface area contributed by atoms with Crippen LogP contribution in [0.5, 0.6) is 0 Å². The molecule has 1 unspecified atom stereocenters. The van der Waals surface area contributed by atoms with E-state index >= 15 is 0 Å². The molecule has 0 bridgehead atoms. The summed E-state index contributed by atoms with van der Waals surface area (Å²) in [6.45, 7) is -5.97. The van der Waals surface area contributed by atoms with E-state index in [9.17, 15) is 18.8 Å². The molecular weight excluding hydrogens is 361 g/mol. The smallest absolute Gasteiger partial charge is 0.423 e. The fourth-order valence-electron chi connectivity index (χ4n) is 2.47. The van der Waals surface area contributed by atoms with Gasteiger partial charge in [-0.1, -0.05) is 6.07 Å². The molecule has 27 heavy (non-hydrogen) atoms. The molecule has 142 valence electrons. The number of ether oxygens (including phenoxy) is 1. The van der Waals surface area contributed by atoms with E-state index in [4.69, 9.17) is 2.74 Å². The first-order valence-electron chi connectivity index (χ1n) is 8.83. The highest BCUT2D eigenvalue weighted by Gasteiger charge is 2.20. The lowest BCUT2D eigenvalue weighted by molar-refractivity contribution is -0.130. The van der Waals surface area contributed by atoms with Crippen LogP contribution in [0.25, 0.3) is 11.4 Å². The number of aromatic nitrogens is 6. The summed E-state index contributed by atoms with van der Waals surface area (Å²) in [5, 5.41) is 26.6. The predicted octanol–water partition coefficient (Wildman–Crippen LogP) is -0.0279. The van der Waals surface area contributed by atoms with Crippen molar-refractivity contribution in [1.82, 2.24) is 29.5 Å². The van der Waals surface area contributed by atoms with E-state index in [1.165, 1.54) is 40.2 Å². The highest BCUT2D eigenvalue weighted by Crippen LogP contribution is 2.23. The molecule has 0 aliphatic rings. The van der Waals surface area contributed by atoms with Crippen LogP contribution in [-0.2, 0) is 11.8 Å². The number of nitrogens with zero attached hydrogens (tertiary/aromatic N) is 6. The summed E-state index contributed by atoms with van der Waals surface area (Å²) in [5.74, 6) is 0.508. The standard InChI is InChI=1S/C15H17BF2N6O3/c1-23-14(20-9-22-23)10-6-21-24(8-10)13(4-5-27-15(17)18)12-3-2-11(7-19-12)16(25)26/h2-3,6-9,13,15,25-26H,4-5H2,1H3/i5D2. The normalized spacial score (nSPS) is 14.1. The number of pyridine rings is 1. The van der Waals surface area contributed by atoms with Crippen LogP contribution in [0.15, 0.2) is 37.1 Å². The number of rotatable bonds is 8. The van der Waals surface area contributed by atoms with Crippen LogP contribution in [0, 0.1) is 0 Å². The number of halogens is 2. The molecule has 0 radical (unpaired) electrons. The largest absolute Gasteiger partial charge is 0.490 e. The Morgan fingerprint density at radius 1 is 1.26 bits per heavy atom. The molecule has 0 aliphatic carbocycles. The maximum Gasteiger partial charge on any atom is 0.490 e. The first-order valence-corrected chi connectivity index (χ1v) is 7.83. The van der Waals surface area contributed by atoms with Gasteiger partial charge < -0.3 is 14.8 Å². The van der Waals surface area contributed by atoms with Gasteiger partial charge in [0.25, 0.3) is 0 Å².